The van der Waals surface area contributed by atoms with Crippen LogP contribution >= 0.6 is 0 Å². The molecule has 0 spiro atoms. The number of rotatable bonds is 2. The zero-order valence-electron chi connectivity index (χ0n) is 43.2. The highest BCUT2D eigenvalue weighted by Gasteiger charge is 2.26. The van der Waals surface area contributed by atoms with Crippen LogP contribution in [0.3, 0.4) is 0 Å². The predicted molar refractivity (Wildman–Crippen MR) is 296 cm³/mol. The molecule has 11 rings (SSSR count). The molecule has 0 amide bonds. The van der Waals surface area contributed by atoms with E-state index in [-0.39, 0.29) is 37.9 Å². The molecule has 0 aliphatic rings. The van der Waals surface area contributed by atoms with Crippen molar-refractivity contribution in [2.45, 2.75) is 131 Å². The fourth-order valence-electron chi connectivity index (χ4n) is 10.9. The smallest absolute Gasteiger partial charge is 0.197 e. The number of pyridine rings is 2. The average molecular weight is 908 g/mol. The van der Waals surface area contributed by atoms with Gasteiger partial charge in [-0.05, 0) is 152 Å². The first kappa shape index (κ1) is 44.8. The van der Waals surface area contributed by atoms with Crippen LogP contribution < -0.4 is 10.9 Å². The molecule has 0 radical (unpaired) electrons. The van der Waals surface area contributed by atoms with Crippen LogP contribution in [0.5, 0.6) is 0 Å². The van der Waals surface area contributed by atoms with Gasteiger partial charge in [-0.25, -0.2) is 0 Å². The lowest BCUT2D eigenvalue weighted by Crippen LogP contribution is -2.18. The minimum atomic E-state index is -0.317. The Kier molecular flexibility index (Phi) is 9.35. The average Bonchev–Trinajstić information content (AvgIpc) is 3.78. The van der Waals surface area contributed by atoms with E-state index in [2.05, 4.69) is 227 Å². The Balaban J connectivity index is 1.22. The fourth-order valence-corrected chi connectivity index (χ4v) is 10.9. The van der Waals surface area contributed by atoms with Crippen LogP contribution in [0, 0.1) is 0 Å². The first-order valence-corrected chi connectivity index (χ1v) is 24.8. The highest BCUT2D eigenvalue weighted by Crippen LogP contribution is 2.41. The summed E-state index contributed by atoms with van der Waals surface area (Å²) in [6, 6.07) is 44.2. The number of benzene rings is 7. The largest absolute Gasteiger partial charge is 0.309 e. The van der Waals surface area contributed by atoms with Crippen molar-refractivity contribution in [1.82, 2.24) is 13.5 Å². The Morgan fingerprint density at radius 2 is 0.536 bits per heavy atom. The number of nitrogens with zero attached hydrogens (tertiary/aromatic N) is 3. The zero-order valence-corrected chi connectivity index (χ0v) is 43.2. The highest BCUT2D eigenvalue weighted by molar-refractivity contribution is 6.13. The molecule has 0 aliphatic carbocycles. The maximum Gasteiger partial charge on any atom is 0.197 e. The summed E-state index contributed by atoms with van der Waals surface area (Å²) in [5.41, 5.74) is 14.0. The number of hydrogen-bond donors (Lipinski definition) is 0. The van der Waals surface area contributed by atoms with Gasteiger partial charge in [-0.3, -0.25) is 9.59 Å². The summed E-state index contributed by atoms with van der Waals surface area (Å²) < 4.78 is 6.83. The van der Waals surface area contributed by atoms with E-state index in [0.717, 1.165) is 50.0 Å². The van der Waals surface area contributed by atoms with Gasteiger partial charge in [-0.1, -0.05) is 128 Å². The van der Waals surface area contributed by atoms with Gasteiger partial charge in [0, 0.05) is 54.5 Å². The third-order valence-electron chi connectivity index (χ3n) is 15.1. The van der Waals surface area contributed by atoms with Gasteiger partial charge >= 0.3 is 0 Å². The predicted octanol–water partition coefficient (Wildman–Crippen LogP) is 16.2. The van der Waals surface area contributed by atoms with E-state index in [4.69, 9.17) is 0 Å². The Morgan fingerprint density at radius 3 is 0.812 bits per heavy atom. The van der Waals surface area contributed by atoms with Crippen LogP contribution in [0.25, 0.3) is 93.1 Å². The van der Waals surface area contributed by atoms with E-state index >= 15 is 9.59 Å². The van der Waals surface area contributed by atoms with Crippen molar-refractivity contribution in [1.29, 1.82) is 0 Å². The van der Waals surface area contributed by atoms with Crippen LogP contribution in [-0.4, -0.2) is 13.5 Å². The molecule has 0 unspecified atom stereocenters. The van der Waals surface area contributed by atoms with Crippen molar-refractivity contribution in [3.8, 4) is 11.4 Å². The molecule has 4 aromatic heterocycles. The van der Waals surface area contributed by atoms with E-state index in [0.29, 0.717) is 27.1 Å². The number of fused-ring (bicyclic) bond motifs is 10. The Morgan fingerprint density at radius 1 is 0.275 bits per heavy atom. The van der Waals surface area contributed by atoms with Gasteiger partial charge in [0.25, 0.3) is 0 Å². The zero-order chi connectivity index (χ0) is 49.2. The molecule has 0 atom stereocenters. The van der Waals surface area contributed by atoms with Crippen LogP contribution in [0.4, 0.5) is 0 Å². The summed E-state index contributed by atoms with van der Waals surface area (Å²) in [5.74, 6) is 0. The summed E-state index contributed by atoms with van der Waals surface area (Å²) in [5, 5.41) is 7.13. The minimum Gasteiger partial charge on any atom is -0.309 e. The second-order valence-corrected chi connectivity index (χ2v) is 25.2. The van der Waals surface area contributed by atoms with Gasteiger partial charge in [0.1, 0.15) is 0 Å². The van der Waals surface area contributed by atoms with Gasteiger partial charge < -0.3 is 13.5 Å². The molecule has 0 saturated heterocycles. The van der Waals surface area contributed by atoms with Gasteiger partial charge in [0.15, 0.2) is 10.9 Å². The summed E-state index contributed by atoms with van der Waals surface area (Å²) in [6.07, 6.45) is 0. The molecule has 0 N–H and O–H groups in total. The molecule has 11 aromatic rings. The lowest BCUT2D eigenvalue weighted by molar-refractivity contribution is 0.590. The lowest BCUT2D eigenvalue weighted by atomic mass is 9.85. The second kappa shape index (κ2) is 14.4. The van der Waals surface area contributed by atoms with Crippen molar-refractivity contribution in [3.63, 3.8) is 0 Å². The van der Waals surface area contributed by atoms with Crippen molar-refractivity contribution in [2.75, 3.05) is 0 Å². The minimum absolute atomic E-state index is 0.0245. The number of hydrogen-bond acceptors (Lipinski definition) is 2. The molecule has 7 aromatic carbocycles. The first-order chi connectivity index (χ1) is 32.2. The van der Waals surface area contributed by atoms with Crippen molar-refractivity contribution < 1.29 is 0 Å². The Labute approximate surface area is 405 Å². The lowest BCUT2D eigenvalue weighted by Gasteiger charge is -2.22. The van der Waals surface area contributed by atoms with Crippen molar-refractivity contribution in [2.24, 2.45) is 0 Å². The topological polar surface area (TPSA) is 48.4 Å². The maximum atomic E-state index is 15.3. The summed E-state index contributed by atoms with van der Waals surface area (Å²) in [7, 11) is 0. The molecule has 5 nitrogen and oxygen atoms in total. The molecule has 0 bridgehead atoms. The van der Waals surface area contributed by atoms with E-state index in [1.165, 1.54) is 43.8 Å². The van der Waals surface area contributed by atoms with E-state index in [1.54, 1.807) is 0 Å². The molecule has 5 heteroatoms. The summed E-state index contributed by atoms with van der Waals surface area (Å²) in [4.78, 5) is 30.6. The molecule has 0 fully saturated rings. The maximum absolute atomic E-state index is 15.3. The molecular formula is C64H65N3O2. The molecule has 0 saturated carbocycles. The van der Waals surface area contributed by atoms with Crippen LogP contribution in [0.2, 0.25) is 0 Å². The number of aromatic nitrogens is 3. The summed E-state index contributed by atoms with van der Waals surface area (Å²) in [6.45, 7) is 33.6. The van der Waals surface area contributed by atoms with E-state index in [9.17, 15) is 0 Å². The van der Waals surface area contributed by atoms with Crippen molar-refractivity contribution in [3.05, 3.63) is 170 Å². The quantitative estimate of drug-likeness (QED) is 0.128. The SMILES string of the molecule is CC(C)(C)c1cc2c(=O)c3cc(-n4c5ccc(C(C)(C)C)cc5c5cc(C(C)(C)C)ccc54)ccc3n3c4ccc(-n5c6ccc(C(C)(C)C)cc6c6cc(C(C)(C)C)ccc65)cc4c(=O)c(c1)c23. The molecular weight excluding hydrogens is 843 g/mol. The molecule has 348 valence electrons. The van der Waals surface area contributed by atoms with Crippen LogP contribution in [0.15, 0.2) is 131 Å². The Hall–Kier alpha value is -6.72. The van der Waals surface area contributed by atoms with Crippen LogP contribution in [0.1, 0.15) is 132 Å². The first-order valence-electron chi connectivity index (χ1n) is 24.8. The molecule has 69 heavy (non-hydrogen) atoms. The standard InChI is InChI=1S/C64H65N3O2/c1-60(2,3)36-16-22-51-43(28-36)44-29-37(61(4,5)6)17-23-52(44)65(51)41-20-26-55-47(34-41)58(68)49-32-40(64(13,14)15)33-50-57(49)67(55)56-27-21-42(35-48(56)59(50)69)66-53-24-18-38(62(7,8)9)30-45(53)46-31-39(63(10,11)12)19-25-54(46)66/h16-35H,1-15H3. The summed E-state index contributed by atoms with van der Waals surface area (Å²) >= 11 is 0. The van der Waals surface area contributed by atoms with E-state index < -0.39 is 0 Å². The highest BCUT2D eigenvalue weighted by atomic mass is 16.1. The normalized spacial score (nSPS) is 13.6. The van der Waals surface area contributed by atoms with Gasteiger partial charge in [0.2, 0.25) is 0 Å². The second-order valence-electron chi connectivity index (χ2n) is 25.2. The third kappa shape index (κ3) is 6.85. The van der Waals surface area contributed by atoms with Gasteiger partial charge in [0.05, 0.1) is 38.6 Å². The van der Waals surface area contributed by atoms with Gasteiger partial charge in [-0.2, -0.15) is 0 Å². The van der Waals surface area contributed by atoms with Crippen LogP contribution in [-0.2, 0) is 27.1 Å². The monoisotopic (exact) mass is 908 g/mol. The van der Waals surface area contributed by atoms with Crippen molar-refractivity contribution >= 4 is 81.7 Å². The third-order valence-corrected chi connectivity index (χ3v) is 15.1. The Bertz CT molecular complexity index is 3720. The molecule has 0 aliphatic heterocycles. The van der Waals surface area contributed by atoms with E-state index in [1.807, 2.05) is 12.1 Å². The van der Waals surface area contributed by atoms with Gasteiger partial charge in [-0.15, -0.1) is 0 Å². The fraction of sp³-hybridized carbons (Fsp3) is 0.312. The molecule has 4 heterocycles.